The first-order valence-electron chi connectivity index (χ1n) is 3.65. The van der Waals surface area contributed by atoms with E-state index >= 15 is 0 Å². The van der Waals surface area contributed by atoms with E-state index in [4.69, 9.17) is 5.73 Å². The van der Waals surface area contributed by atoms with Crippen molar-refractivity contribution in [1.29, 1.82) is 0 Å². The molecular weight excluding hydrogens is 178 g/mol. The first-order valence-corrected chi connectivity index (χ1v) is 3.65. The Hall–Kier alpha value is -1.52. The molecule has 0 amide bonds. The van der Waals surface area contributed by atoms with Crippen molar-refractivity contribution in [2.45, 2.75) is 6.61 Å². The van der Waals surface area contributed by atoms with Gasteiger partial charge in [0.25, 0.3) is 0 Å². The molecule has 0 aliphatic heterocycles. The molecule has 1 rings (SSSR count). The zero-order valence-corrected chi connectivity index (χ0v) is 7.05. The van der Waals surface area contributed by atoms with Gasteiger partial charge in [-0.2, -0.15) is 8.78 Å². The smallest absolute Gasteiger partial charge is 0.387 e. The number of alkyl halides is 2. The minimum Gasteiger partial charge on any atom is -0.435 e. The van der Waals surface area contributed by atoms with Gasteiger partial charge in [0, 0.05) is 13.1 Å². The van der Waals surface area contributed by atoms with Crippen LogP contribution >= 0.6 is 0 Å². The lowest BCUT2D eigenvalue weighted by molar-refractivity contribution is -0.0497. The molecule has 3 N–H and O–H groups in total. The van der Waals surface area contributed by atoms with Crippen LogP contribution in [0.1, 0.15) is 0 Å². The van der Waals surface area contributed by atoms with Crippen LogP contribution in [0.4, 0.5) is 20.2 Å². The van der Waals surface area contributed by atoms with E-state index in [0.29, 0.717) is 11.4 Å². The molecule has 5 heteroatoms. The monoisotopic (exact) mass is 188 g/mol. The quantitative estimate of drug-likeness (QED) is 0.712. The van der Waals surface area contributed by atoms with E-state index in [1.807, 2.05) is 0 Å². The van der Waals surface area contributed by atoms with Crippen LogP contribution in [0.15, 0.2) is 18.2 Å². The molecule has 72 valence electrons. The first-order chi connectivity index (χ1) is 6.13. The third kappa shape index (κ3) is 2.47. The van der Waals surface area contributed by atoms with Gasteiger partial charge in [0.1, 0.15) is 5.75 Å². The fourth-order valence-electron chi connectivity index (χ4n) is 0.945. The van der Waals surface area contributed by atoms with Crippen molar-refractivity contribution in [3.63, 3.8) is 0 Å². The molecule has 0 atom stereocenters. The predicted molar refractivity (Wildman–Crippen MR) is 47.0 cm³/mol. The van der Waals surface area contributed by atoms with Gasteiger partial charge in [0.05, 0.1) is 11.4 Å². The Bertz CT molecular complexity index is 291. The maximum atomic E-state index is 11.8. The average Bonchev–Trinajstić information content (AvgIpc) is 2.03. The molecule has 0 saturated heterocycles. The molecule has 0 aromatic heterocycles. The molecular formula is C8H10F2N2O. The van der Waals surface area contributed by atoms with E-state index in [9.17, 15) is 8.78 Å². The molecule has 0 radical (unpaired) electrons. The molecule has 0 bridgehead atoms. The Kier molecular flexibility index (Phi) is 2.89. The van der Waals surface area contributed by atoms with Crippen LogP contribution in [0.25, 0.3) is 0 Å². The highest BCUT2D eigenvalue weighted by atomic mass is 19.3. The van der Waals surface area contributed by atoms with Crippen LogP contribution in [0.2, 0.25) is 0 Å². The Labute approximate surface area is 74.5 Å². The molecule has 0 spiro atoms. The highest BCUT2D eigenvalue weighted by Crippen LogP contribution is 2.24. The van der Waals surface area contributed by atoms with Gasteiger partial charge in [-0.05, 0) is 12.1 Å². The molecule has 1 aromatic rings. The summed E-state index contributed by atoms with van der Waals surface area (Å²) >= 11 is 0. The number of ether oxygens (including phenoxy) is 1. The zero-order valence-electron chi connectivity index (χ0n) is 7.05. The lowest BCUT2D eigenvalue weighted by atomic mass is 10.2. The largest absolute Gasteiger partial charge is 0.435 e. The van der Waals surface area contributed by atoms with Crippen LogP contribution in [0, 0.1) is 0 Å². The van der Waals surface area contributed by atoms with E-state index in [-0.39, 0.29) is 5.75 Å². The van der Waals surface area contributed by atoms with Gasteiger partial charge >= 0.3 is 6.61 Å². The van der Waals surface area contributed by atoms with Crippen LogP contribution < -0.4 is 15.8 Å². The van der Waals surface area contributed by atoms with Crippen molar-refractivity contribution in [2.75, 3.05) is 18.1 Å². The number of hydrogen-bond acceptors (Lipinski definition) is 3. The topological polar surface area (TPSA) is 47.3 Å². The molecule has 0 saturated carbocycles. The van der Waals surface area contributed by atoms with E-state index in [2.05, 4.69) is 10.1 Å². The second-order valence-corrected chi connectivity index (χ2v) is 2.38. The molecule has 0 aliphatic carbocycles. The van der Waals surface area contributed by atoms with Gasteiger partial charge in [0.2, 0.25) is 0 Å². The zero-order chi connectivity index (χ0) is 9.84. The number of anilines is 2. The Morgan fingerprint density at radius 2 is 2.15 bits per heavy atom. The minimum atomic E-state index is -2.82. The van der Waals surface area contributed by atoms with Crippen molar-refractivity contribution >= 4 is 11.4 Å². The predicted octanol–water partition coefficient (Wildman–Crippen LogP) is 1.91. The van der Waals surface area contributed by atoms with Crippen LogP contribution in [0.3, 0.4) is 0 Å². The fourth-order valence-corrected chi connectivity index (χ4v) is 0.945. The molecule has 0 aliphatic rings. The summed E-state index contributed by atoms with van der Waals surface area (Å²) in [5.41, 5.74) is 6.58. The van der Waals surface area contributed by atoms with E-state index < -0.39 is 6.61 Å². The number of nitrogens with two attached hydrogens (primary N) is 1. The van der Waals surface area contributed by atoms with Crippen LogP contribution in [-0.4, -0.2) is 13.7 Å². The summed E-state index contributed by atoms with van der Waals surface area (Å²) in [7, 11) is 1.69. The van der Waals surface area contributed by atoms with Crippen molar-refractivity contribution in [2.24, 2.45) is 0 Å². The highest BCUT2D eigenvalue weighted by Gasteiger charge is 2.05. The number of hydrogen-bond donors (Lipinski definition) is 2. The maximum Gasteiger partial charge on any atom is 0.387 e. The van der Waals surface area contributed by atoms with Gasteiger partial charge in [-0.25, -0.2) is 0 Å². The number of rotatable bonds is 3. The van der Waals surface area contributed by atoms with Crippen LogP contribution in [0.5, 0.6) is 5.75 Å². The SMILES string of the molecule is CNc1ccc(OC(F)F)cc1N. The molecule has 0 heterocycles. The lowest BCUT2D eigenvalue weighted by Crippen LogP contribution is -2.03. The number of halogens is 2. The lowest BCUT2D eigenvalue weighted by Gasteiger charge is -2.08. The third-order valence-corrected chi connectivity index (χ3v) is 1.52. The molecule has 0 unspecified atom stereocenters. The Morgan fingerprint density at radius 1 is 1.46 bits per heavy atom. The van der Waals surface area contributed by atoms with Gasteiger partial charge in [-0.1, -0.05) is 0 Å². The van der Waals surface area contributed by atoms with E-state index in [1.54, 1.807) is 13.1 Å². The molecule has 13 heavy (non-hydrogen) atoms. The number of benzene rings is 1. The maximum absolute atomic E-state index is 11.8. The minimum absolute atomic E-state index is 0.0616. The fraction of sp³-hybridized carbons (Fsp3) is 0.250. The van der Waals surface area contributed by atoms with Crippen molar-refractivity contribution in [1.82, 2.24) is 0 Å². The standard InChI is InChI=1S/C8H10F2N2O/c1-12-7-3-2-5(4-6(7)11)13-8(9)10/h2-4,8,12H,11H2,1H3. The van der Waals surface area contributed by atoms with Gasteiger partial charge in [-0.3, -0.25) is 0 Å². The number of nitrogen functional groups attached to an aromatic ring is 1. The Balaban J connectivity index is 2.83. The van der Waals surface area contributed by atoms with E-state index in [0.717, 1.165) is 0 Å². The third-order valence-electron chi connectivity index (χ3n) is 1.52. The molecule has 0 fully saturated rings. The van der Waals surface area contributed by atoms with Crippen molar-refractivity contribution < 1.29 is 13.5 Å². The number of nitrogens with one attached hydrogen (secondary N) is 1. The van der Waals surface area contributed by atoms with Crippen molar-refractivity contribution in [3.05, 3.63) is 18.2 Å². The summed E-state index contributed by atoms with van der Waals surface area (Å²) in [6.45, 7) is -2.82. The van der Waals surface area contributed by atoms with Gasteiger partial charge in [0.15, 0.2) is 0 Å². The highest BCUT2D eigenvalue weighted by molar-refractivity contribution is 5.67. The van der Waals surface area contributed by atoms with E-state index in [1.165, 1.54) is 12.1 Å². The first kappa shape index (κ1) is 9.57. The summed E-state index contributed by atoms with van der Waals surface area (Å²) in [6.07, 6.45) is 0. The second kappa shape index (κ2) is 3.93. The molecule has 3 nitrogen and oxygen atoms in total. The summed E-state index contributed by atoms with van der Waals surface area (Å²) in [4.78, 5) is 0. The van der Waals surface area contributed by atoms with Crippen molar-refractivity contribution in [3.8, 4) is 5.75 Å². The summed E-state index contributed by atoms with van der Waals surface area (Å²) in [5.74, 6) is 0.0616. The molecule has 1 aromatic carbocycles. The second-order valence-electron chi connectivity index (χ2n) is 2.38. The van der Waals surface area contributed by atoms with Crippen LogP contribution in [-0.2, 0) is 0 Å². The summed E-state index contributed by atoms with van der Waals surface area (Å²) in [5, 5.41) is 2.81. The average molecular weight is 188 g/mol. The van der Waals surface area contributed by atoms with Gasteiger partial charge in [-0.15, -0.1) is 0 Å². The van der Waals surface area contributed by atoms with Gasteiger partial charge < -0.3 is 15.8 Å². The summed E-state index contributed by atoms with van der Waals surface area (Å²) in [6, 6.07) is 4.35. The normalized spacial score (nSPS) is 10.2. The Morgan fingerprint density at radius 3 is 2.62 bits per heavy atom. The summed E-state index contributed by atoms with van der Waals surface area (Å²) < 4.78 is 27.7.